The van der Waals surface area contributed by atoms with Gasteiger partial charge < -0.3 is 14.6 Å². The predicted molar refractivity (Wildman–Crippen MR) is 104 cm³/mol. The maximum atomic E-state index is 11.4. The van der Waals surface area contributed by atoms with Crippen LogP contribution in [-0.2, 0) is 9.47 Å². The monoisotopic (exact) mass is 375 g/mol. The molecule has 0 aromatic carbocycles. The normalized spacial score (nSPS) is 51.7. The van der Waals surface area contributed by atoms with Crippen molar-refractivity contribution in [3.8, 4) is 6.07 Å². The van der Waals surface area contributed by atoms with Gasteiger partial charge in [0.15, 0.2) is 0 Å². The lowest BCUT2D eigenvalue weighted by Gasteiger charge is -2.62. The predicted octanol–water partition coefficient (Wildman–Crippen LogP) is 4.17. The molecule has 27 heavy (non-hydrogen) atoms. The summed E-state index contributed by atoms with van der Waals surface area (Å²) in [6, 6.07) is 2.58. The van der Waals surface area contributed by atoms with Crippen LogP contribution < -0.4 is 0 Å². The fourth-order valence-electron chi connectivity index (χ4n) is 8.09. The van der Waals surface area contributed by atoms with Gasteiger partial charge in [0.25, 0.3) is 0 Å². The van der Waals surface area contributed by atoms with E-state index in [-0.39, 0.29) is 22.9 Å². The van der Waals surface area contributed by atoms with Crippen molar-refractivity contribution in [2.75, 3.05) is 20.3 Å². The number of aliphatic hydroxyl groups excluding tert-OH is 1. The van der Waals surface area contributed by atoms with E-state index in [4.69, 9.17) is 9.47 Å². The minimum Gasteiger partial charge on any atom is -0.393 e. The van der Waals surface area contributed by atoms with Crippen LogP contribution in [0, 0.1) is 51.8 Å². The Bertz CT molecular complexity index is 587. The van der Waals surface area contributed by atoms with Crippen LogP contribution >= 0.6 is 0 Å². The molecule has 0 aromatic heterocycles. The number of hydrogen-bond donors (Lipinski definition) is 1. The van der Waals surface area contributed by atoms with Gasteiger partial charge in [-0.15, -0.1) is 0 Å². The number of nitriles is 1. The van der Waals surface area contributed by atoms with Crippen molar-refractivity contribution in [1.29, 1.82) is 5.26 Å². The van der Waals surface area contributed by atoms with E-state index in [0.717, 1.165) is 25.7 Å². The summed E-state index contributed by atoms with van der Waals surface area (Å²) in [6.07, 6.45) is 9.04. The van der Waals surface area contributed by atoms with Gasteiger partial charge in [0, 0.05) is 7.11 Å². The number of methoxy groups -OCH3 is 1. The van der Waals surface area contributed by atoms with Gasteiger partial charge in [-0.1, -0.05) is 13.8 Å². The van der Waals surface area contributed by atoms with Gasteiger partial charge in [-0.05, 0) is 85.9 Å². The van der Waals surface area contributed by atoms with E-state index in [0.29, 0.717) is 43.0 Å². The average molecular weight is 376 g/mol. The molecule has 0 spiro atoms. The molecule has 152 valence electrons. The SMILES string of the molecule is COCCOC1CCC2CCC3C4CCC(C#N)C4(C)CC(O)C3C2(C)C1. The third kappa shape index (κ3) is 3.05. The zero-order valence-corrected chi connectivity index (χ0v) is 17.3. The molecule has 9 atom stereocenters. The molecule has 9 unspecified atom stereocenters. The van der Waals surface area contributed by atoms with E-state index in [1.165, 1.54) is 25.7 Å². The smallest absolute Gasteiger partial charge is 0.0704 e. The van der Waals surface area contributed by atoms with Crippen LogP contribution in [0.3, 0.4) is 0 Å². The van der Waals surface area contributed by atoms with Gasteiger partial charge in [-0.25, -0.2) is 0 Å². The largest absolute Gasteiger partial charge is 0.393 e. The van der Waals surface area contributed by atoms with E-state index in [9.17, 15) is 10.4 Å². The van der Waals surface area contributed by atoms with Crippen molar-refractivity contribution in [2.24, 2.45) is 40.4 Å². The Hall–Kier alpha value is -0.630. The molecular formula is C23H37NO3. The molecule has 4 saturated carbocycles. The molecule has 0 radical (unpaired) electrons. The van der Waals surface area contributed by atoms with Crippen LogP contribution in [0.1, 0.15) is 65.2 Å². The topological polar surface area (TPSA) is 62.5 Å². The van der Waals surface area contributed by atoms with Crippen LogP contribution in [0.25, 0.3) is 0 Å². The summed E-state index contributed by atoms with van der Waals surface area (Å²) in [5.41, 5.74) is 0.186. The third-order valence-electron chi connectivity index (χ3n) is 9.30. The fourth-order valence-corrected chi connectivity index (χ4v) is 8.09. The van der Waals surface area contributed by atoms with Gasteiger partial charge in [0.2, 0.25) is 0 Å². The Kier molecular flexibility index (Phi) is 5.33. The Morgan fingerprint density at radius 3 is 2.52 bits per heavy atom. The van der Waals surface area contributed by atoms with Gasteiger partial charge in [0.05, 0.1) is 37.4 Å². The van der Waals surface area contributed by atoms with Crippen molar-refractivity contribution in [3.05, 3.63) is 0 Å². The van der Waals surface area contributed by atoms with Crippen molar-refractivity contribution < 1.29 is 14.6 Å². The second kappa shape index (κ2) is 7.32. The lowest BCUT2D eigenvalue weighted by molar-refractivity contribution is -0.183. The van der Waals surface area contributed by atoms with Crippen LogP contribution in [0.2, 0.25) is 0 Å². The molecule has 4 aliphatic rings. The van der Waals surface area contributed by atoms with Crippen LogP contribution in [0.15, 0.2) is 0 Å². The highest BCUT2D eigenvalue weighted by atomic mass is 16.5. The van der Waals surface area contributed by atoms with Crippen molar-refractivity contribution in [3.63, 3.8) is 0 Å². The maximum absolute atomic E-state index is 11.4. The van der Waals surface area contributed by atoms with Gasteiger partial charge >= 0.3 is 0 Å². The zero-order valence-electron chi connectivity index (χ0n) is 17.3. The molecule has 0 saturated heterocycles. The van der Waals surface area contributed by atoms with Gasteiger partial charge in [0.1, 0.15) is 0 Å². The second-order valence-electron chi connectivity index (χ2n) is 10.4. The molecule has 0 amide bonds. The average Bonchev–Trinajstić information content (AvgIpc) is 2.96. The molecule has 0 aromatic rings. The van der Waals surface area contributed by atoms with Crippen molar-refractivity contribution >= 4 is 0 Å². The van der Waals surface area contributed by atoms with E-state index in [1.54, 1.807) is 7.11 Å². The van der Waals surface area contributed by atoms with Crippen LogP contribution in [0.4, 0.5) is 0 Å². The molecule has 0 aliphatic heterocycles. The zero-order chi connectivity index (χ0) is 19.2. The molecule has 4 heteroatoms. The van der Waals surface area contributed by atoms with E-state index >= 15 is 0 Å². The molecule has 4 rings (SSSR count). The molecule has 4 fully saturated rings. The first-order chi connectivity index (χ1) is 12.9. The highest BCUT2D eigenvalue weighted by Crippen LogP contribution is 2.67. The third-order valence-corrected chi connectivity index (χ3v) is 9.30. The number of aliphatic hydroxyl groups is 1. The van der Waals surface area contributed by atoms with Crippen LogP contribution in [0.5, 0.6) is 0 Å². The van der Waals surface area contributed by atoms with Gasteiger partial charge in [-0.2, -0.15) is 5.26 Å². The standard InChI is InChI=1S/C23H37NO3/c1-22-13-20(25)21-18(19(22)9-6-16(22)14-24)8-5-15-4-7-17(12-23(15,21)2)27-11-10-26-3/h15-21,25H,4-13H2,1-3H3. The number of rotatable bonds is 4. The summed E-state index contributed by atoms with van der Waals surface area (Å²) in [5, 5.41) is 21.0. The van der Waals surface area contributed by atoms with E-state index in [1.807, 2.05) is 0 Å². The minimum absolute atomic E-state index is 0.0154. The molecule has 4 nitrogen and oxygen atoms in total. The summed E-state index contributed by atoms with van der Waals surface area (Å²) in [7, 11) is 1.72. The number of ether oxygens (including phenoxy) is 2. The Morgan fingerprint density at radius 1 is 1.00 bits per heavy atom. The van der Waals surface area contributed by atoms with Crippen molar-refractivity contribution in [2.45, 2.75) is 77.4 Å². The van der Waals surface area contributed by atoms with E-state index in [2.05, 4.69) is 19.9 Å². The quantitative estimate of drug-likeness (QED) is 0.749. The lowest BCUT2D eigenvalue weighted by Crippen LogP contribution is -2.59. The number of nitrogens with zero attached hydrogens (tertiary/aromatic N) is 1. The van der Waals surface area contributed by atoms with Gasteiger partial charge in [-0.3, -0.25) is 0 Å². The lowest BCUT2D eigenvalue weighted by atomic mass is 9.44. The molecule has 0 heterocycles. The highest BCUT2D eigenvalue weighted by molar-refractivity contribution is 5.14. The second-order valence-corrected chi connectivity index (χ2v) is 10.4. The number of hydrogen-bond acceptors (Lipinski definition) is 4. The molecule has 1 N–H and O–H groups in total. The molecular weight excluding hydrogens is 338 g/mol. The Balaban J connectivity index is 1.56. The fraction of sp³-hybridized carbons (Fsp3) is 0.957. The first kappa shape index (κ1) is 19.7. The van der Waals surface area contributed by atoms with Crippen molar-refractivity contribution in [1.82, 2.24) is 0 Å². The molecule has 0 bridgehead atoms. The summed E-state index contributed by atoms with van der Waals surface area (Å²) < 4.78 is 11.3. The summed E-state index contributed by atoms with van der Waals surface area (Å²) in [5.74, 6) is 2.41. The summed E-state index contributed by atoms with van der Waals surface area (Å²) >= 11 is 0. The summed E-state index contributed by atoms with van der Waals surface area (Å²) in [4.78, 5) is 0. The highest BCUT2D eigenvalue weighted by Gasteiger charge is 2.63. The minimum atomic E-state index is -0.268. The first-order valence-corrected chi connectivity index (χ1v) is 11.1. The Morgan fingerprint density at radius 2 is 1.78 bits per heavy atom. The van der Waals surface area contributed by atoms with Crippen LogP contribution in [-0.4, -0.2) is 37.6 Å². The first-order valence-electron chi connectivity index (χ1n) is 11.1. The Labute approximate surface area is 164 Å². The maximum Gasteiger partial charge on any atom is 0.0704 e. The summed E-state index contributed by atoms with van der Waals surface area (Å²) in [6.45, 7) is 6.07. The number of fused-ring (bicyclic) bond motifs is 5. The van der Waals surface area contributed by atoms with E-state index < -0.39 is 0 Å². The molecule has 4 aliphatic carbocycles.